The molecule has 0 saturated heterocycles. The number of aromatic nitrogens is 1. The molecule has 5 heteroatoms. The van der Waals surface area contributed by atoms with Crippen molar-refractivity contribution in [3.63, 3.8) is 0 Å². The van der Waals surface area contributed by atoms with Gasteiger partial charge in [-0.05, 0) is 36.6 Å². The largest absolute Gasteiger partial charge is 0.573 e. The predicted octanol–water partition coefficient (Wildman–Crippen LogP) is 5.19. The van der Waals surface area contributed by atoms with Crippen LogP contribution in [0.4, 0.5) is 13.2 Å². The number of benzene rings is 1. The molecule has 0 aliphatic rings. The van der Waals surface area contributed by atoms with Gasteiger partial charge in [-0.3, -0.25) is 0 Å². The lowest BCUT2D eigenvalue weighted by Crippen LogP contribution is -2.16. The molecule has 0 amide bonds. The zero-order valence-electron chi connectivity index (χ0n) is 11.4. The van der Waals surface area contributed by atoms with Gasteiger partial charge in [-0.15, -0.1) is 13.2 Å². The van der Waals surface area contributed by atoms with Gasteiger partial charge in [0, 0.05) is 17.1 Å². The Morgan fingerprint density at radius 2 is 1.95 bits per heavy atom. The highest BCUT2D eigenvalue weighted by atomic mass is 19.4. The first-order valence-corrected chi connectivity index (χ1v) is 6.85. The average Bonchev–Trinajstić information content (AvgIpc) is 2.75. The van der Waals surface area contributed by atoms with Gasteiger partial charge in [-0.2, -0.15) is 0 Å². The summed E-state index contributed by atoms with van der Waals surface area (Å²) in [6, 6.07) is 4.40. The maximum Gasteiger partial charge on any atom is 0.573 e. The van der Waals surface area contributed by atoms with Gasteiger partial charge < -0.3 is 9.72 Å². The van der Waals surface area contributed by atoms with Crippen molar-refractivity contribution in [3.8, 4) is 5.75 Å². The number of hydrogen-bond acceptors (Lipinski definition) is 1. The standard InChI is InChI=1S/C15H18F3NO/c1-2-3-4-5-6-11-10-19-14-8-7-12(9-13(11)14)20-15(16,17)18/h7-10,19H,2-6H2,1H3. The van der Waals surface area contributed by atoms with Crippen molar-refractivity contribution in [2.45, 2.75) is 45.4 Å². The topological polar surface area (TPSA) is 25.0 Å². The highest BCUT2D eigenvalue weighted by Gasteiger charge is 2.31. The Hall–Kier alpha value is -1.65. The molecule has 0 bridgehead atoms. The molecule has 1 aromatic carbocycles. The van der Waals surface area contributed by atoms with Crippen LogP contribution in [0.5, 0.6) is 5.75 Å². The van der Waals surface area contributed by atoms with Gasteiger partial charge in [0.1, 0.15) is 5.75 Å². The van der Waals surface area contributed by atoms with Crippen LogP contribution in [0.15, 0.2) is 24.4 Å². The Bertz CT molecular complexity index is 560. The second-order valence-electron chi connectivity index (χ2n) is 4.88. The molecule has 0 saturated carbocycles. The van der Waals surface area contributed by atoms with Gasteiger partial charge in [0.2, 0.25) is 0 Å². The van der Waals surface area contributed by atoms with E-state index in [1.165, 1.54) is 18.6 Å². The third-order valence-corrected chi connectivity index (χ3v) is 3.27. The molecule has 0 unspecified atom stereocenters. The number of halogens is 3. The van der Waals surface area contributed by atoms with E-state index in [0.717, 1.165) is 42.1 Å². The van der Waals surface area contributed by atoms with E-state index in [2.05, 4.69) is 16.6 Å². The molecule has 20 heavy (non-hydrogen) atoms. The zero-order valence-corrected chi connectivity index (χ0v) is 11.4. The van der Waals surface area contributed by atoms with Crippen LogP contribution in [-0.4, -0.2) is 11.3 Å². The van der Waals surface area contributed by atoms with E-state index in [1.54, 1.807) is 6.07 Å². The normalized spacial score (nSPS) is 12.0. The van der Waals surface area contributed by atoms with Crippen molar-refractivity contribution in [3.05, 3.63) is 30.0 Å². The van der Waals surface area contributed by atoms with Crippen molar-refractivity contribution in [1.82, 2.24) is 4.98 Å². The Kier molecular flexibility index (Phi) is 4.57. The molecule has 1 N–H and O–H groups in total. The van der Waals surface area contributed by atoms with Crippen LogP contribution >= 0.6 is 0 Å². The molecule has 0 aliphatic heterocycles. The first-order chi connectivity index (χ1) is 9.49. The number of H-pyrrole nitrogens is 1. The van der Waals surface area contributed by atoms with Crippen LogP contribution in [0, 0.1) is 0 Å². The number of ether oxygens (including phenoxy) is 1. The number of alkyl halides is 3. The van der Waals surface area contributed by atoms with Crippen molar-refractivity contribution < 1.29 is 17.9 Å². The van der Waals surface area contributed by atoms with Crippen molar-refractivity contribution >= 4 is 10.9 Å². The first-order valence-electron chi connectivity index (χ1n) is 6.85. The summed E-state index contributed by atoms with van der Waals surface area (Å²) in [7, 11) is 0. The minimum atomic E-state index is -4.65. The molecular weight excluding hydrogens is 267 g/mol. The SMILES string of the molecule is CCCCCCc1c[nH]c2ccc(OC(F)(F)F)cc12. The third kappa shape index (κ3) is 3.92. The van der Waals surface area contributed by atoms with E-state index >= 15 is 0 Å². The lowest BCUT2D eigenvalue weighted by atomic mass is 10.1. The Morgan fingerprint density at radius 3 is 2.65 bits per heavy atom. The lowest BCUT2D eigenvalue weighted by molar-refractivity contribution is -0.274. The minimum absolute atomic E-state index is 0.167. The van der Waals surface area contributed by atoms with E-state index in [-0.39, 0.29) is 5.75 Å². The van der Waals surface area contributed by atoms with Crippen LogP contribution in [0.25, 0.3) is 10.9 Å². The summed E-state index contributed by atoms with van der Waals surface area (Å²) in [5, 5.41) is 0.809. The molecule has 0 atom stereocenters. The molecule has 110 valence electrons. The number of fused-ring (bicyclic) bond motifs is 1. The molecule has 2 aromatic rings. The summed E-state index contributed by atoms with van der Waals surface area (Å²) in [4.78, 5) is 3.08. The number of unbranched alkanes of at least 4 members (excludes halogenated alkanes) is 3. The Labute approximate surface area is 115 Å². The van der Waals surface area contributed by atoms with E-state index < -0.39 is 6.36 Å². The summed E-state index contributed by atoms with van der Waals surface area (Å²) < 4.78 is 40.6. The van der Waals surface area contributed by atoms with E-state index in [1.807, 2.05) is 6.20 Å². The first kappa shape index (κ1) is 14.8. The minimum Gasteiger partial charge on any atom is -0.406 e. The zero-order chi connectivity index (χ0) is 14.6. The highest BCUT2D eigenvalue weighted by Crippen LogP contribution is 2.28. The summed E-state index contributed by atoms with van der Waals surface area (Å²) >= 11 is 0. The molecule has 0 radical (unpaired) electrons. The number of nitrogens with one attached hydrogen (secondary N) is 1. The van der Waals surface area contributed by atoms with Gasteiger partial charge in [0.15, 0.2) is 0 Å². The summed E-state index contributed by atoms with van der Waals surface area (Å²) in [6.07, 6.45) is 2.63. The highest BCUT2D eigenvalue weighted by molar-refractivity contribution is 5.84. The van der Waals surface area contributed by atoms with Crippen LogP contribution in [0.2, 0.25) is 0 Å². The van der Waals surface area contributed by atoms with Crippen molar-refractivity contribution in [1.29, 1.82) is 0 Å². The molecule has 2 rings (SSSR count). The number of hydrogen-bond donors (Lipinski definition) is 1. The van der Waals surface area contributed by atoms with Gasteiger partial charge in [0.05, 0.1) is 0 Å². The number of rotatable bonds is 6. The molecule has 1 heterocycles. The fourth-order valence-corrected chi connectivity index (χ4v) is 2.30. The smallest absolute Gasteiger partial charge is 0.406 e. The Balaban J connectivity index is 2.13. The lowest BCUT2D eigenvalue weighted by Gasteiger charge is -2.09. The van der Waals surface area contributed by atoms with Gasteiger partial charge >= 0.3 is 6.36 Å². The van der Waals surface area contributed by atoms with Crippen LogP contribution in [0.1, 0.15) is 38.2 Å². The summed E-state index contributed by atoms with van der Waals surface area (Å²) in [5.41, 5.74) is 1.88. The molecule has 2 nitrogen and oxygen atoms in total. The average molecular weight is 285 g/mol. The molecule has 0 aliphatic carbocycles. The van der Waals surface area contributed by atoms with Crippen molar-refractivity contribution in [2.24, 2.45) is 0 Å². The quantitative estimate of drug-likeness (QED) is 0.726. The summed E-state index contributed by atoms with van der Waals surface area (Å²) in [5.74, 6) is -0.167. The Morgan fingerprint density at radius 1 is 1.15 bits per heavy atom. The number of aromatic amines is 1. The maximum absolute atomic E-state index is 12.2. The van der Waals surface area contributed by atoms with E-state index in [9.17, 15) is 13.2 Å². The van der Waals surface area contributed by atoms with Crippen LogP contribution in [-0.2, 0) is 6.42 Å². The number of aryl methyl sites for hydroxylation is 1. The second kappa shape index (κ2) is 6.20. The fraction of sp³-hybridized carbons (Fsp3) is 0.467. The molecular formula is C15H18F3NO. The van der Waals surface area contributed by atoms with Crippen LogP contribution in [0.3, 0.4) is 0 Å². The monoisotopic (exact) mass is 285 g/mol. The molecule has 0 spiro atoms. The van der Waals surface area contributed by atoms with Gasteiger partial charge in [-0.25, -0.2) is 0 Å². The second-order valence-corrected chi connectivity index (χ2v) is 4.88. The summed E-state index contributed by atoms with van der Waals surface area (Å²) in [6.45, 7) is 2.15. The molecule has 0 fully saturated rings. The fourth-order valence-electron chi connectivity index (χ4n) is 2.30. The van der Waals surface area contributed by atoms with Crippen molar-refractivity contribution in [2.75, 3.05) is 0 Å². The van der Waals surface area contributed by atoms with E-state index in [0.29, 0.717) is 0 Å². The molecule has 1 aromatic heterocycles. The van der Waals surface area contributed by atoms with Gasteiger partial charge in [-0.1, -0.05) is 26.2 Å². The maximum atomic E-state index is 12.2. The predicted molar refractivity (Wildman–Crippen MR) is 72.8 cm³/mol. The van der Waals surface area contributed by atoms with Crippen LogP contribution < -0.4 is 4.74 Å². The third-order valence-electron chi connectivity index (χ3n) is 3.27. The van der Waals surface area contributed by atoms with Gasteiger partial charge in [0.25, 0.3) is 0 Å². The van der Waals surface area contributed by atoms with E-state index in [4.69, 9.17) is 0 Å².